The van der Waals surface area contributed by atoms with Gasteiger partial charge in [-0.25, -0.2) is 0 Å². The van der Waals surface area contributed by atoms with E-state index in [1.807, 2.05) is 0 Å². The van der Waals surface area contributed by atoms with Gasteiger partial charge in [-0.3, -0.25) is 0 Å². The fraction of sp³-hybridized carbons (Fsp3) is 0.400. The molecule has 0 fully saturated rings. The zero-order valence-corrected chi connectivity index (χ0v) is 7.25. The summed E-state index contributed by atoms with van der Waals surface area (Å²) >= 11 is 0. The van der Waals surface area contributed by atoms with Gasteiger partial charge in [-0.2, -0.15) is 0 Å². The summed E-state index contributed by atoms with van der Waals surface area (Å²) in [6.45, 7) is 5.56. The molecule has 1 heteroatoms. The fourth-order valence-corrected chi connectivity index (χ4v) is 1.25. The van der Waals surface area contributed by atoms with E-state index >= 15 is 0 Å². The van der Waals surface area contributed by atoms with Crippen molar-refractivity contribution < 1.29 is 5.32 Å². The molecule has 1 aromatic carbocycles. The molecule has 0 saturated carbocycles. The van der Waals surface area contributed by atoms with Gasteiger partial charge in [0.2, 0.25) is 0 Å². The third-order valence-electron chi connectivity index (χ3n) is 1.91. The minimum atomic E-state index is 0.598. The van der Waals surface area contributed by atoms with Crippen LogP contribution in [-0.2, 0) is 0 Å². The average Bonchev–Trinajstić information content (AvgIpc) is 2.07. The first kappa shape index (κ1) is 8.28. The van der Waals surface area contributed by atoms with Crippen LogP contribution in [0.5, 0.6) is 0 Å². The van der Waals surface area contributed by atoms with Crippen LogP contribution in [-0.4, -0.2) is 6.54 Å². The highest BCUT2D eigenvalue weighted by molar-refractivity contribution is 5.16. The molecule has 0 amide bonds. The molecule has 0 aromatic heterocycles. The first-order chi connectivity index (χ1) is 5.34. The molecule has 1 atom stereocenters. The molecule has 0 aliphatic carbocycles. The van der Waals surface area contributed by atoms with Crippen molar-refractivity contribution in [3.05, 3.63) is 35.9 Å². The van der Waals surface area contributed by atoms with E-state index in [1.54, 1.807) is 0 Å². The predicted octanol–water partition coefficient (Wildman–Crippen LogP) is 1.33. The smallest absolute Gasteiger partial charge is 0.109 e. The lowest BCUT2D eigenvalue weighted by molar-refractivity contribution is -0.689. The second kappa shape index (κ2) is 4.14. The van der Waals surface area contributed by atoms with Crippen LogP contribution in [0, 0.1) is 0 Å². The summed E-state index contributed by atoms with van der Waals surface area (Å²) in [7, 11) is 0. The lowest BCUT2D eigenvalue weighted by Crippen LogP contribution is -2.84. The molecule has 0 heterocycles. The maximum Gasteiger partial charge on any atom is 0.109 e. The van der Waals surface area contributed by atoms with E-state index in [4.69, 9.17) is 0 Å². The number of benzene rings is 1. The van der Waals surface area contributed by atoms with Crippen LogP contribution in [0.25, 0.3) is 0 Å². The van der Waals surface area contributed by atoms with Gasteiger partial charge in [0.05, 0.1) is 6.54 Å². The quantitative estimate of drug-likeness (QED) is 0.669. The second-order valence-electron chi connectivity index (χ2n) is 2.84. The van der Waals surface area contributed by atoms with E-state index in [0.29, 0.717) is 6.04 Å². The molecule has 0 saturated heterocycles. The fourth-order valence-electron chi connectivity index (χ4n) is 1.25. The van der Waals surface area contributed by atoms with E-state index in [1.165, 1.54) is 5.56 Å². The highest BCUT2D eigenvalue weighted by Gasteiger charge is 2.03. The maximum absolute atomic E-state index is 2.33. The molecule has 0 aliphatic rings. The zero-order valence-electron chi connectivity index (χ0n) is 7.25. The van der Waals surface area contributed by atoms with Gasteiger partial charge in [0, 0.05) is 5.56 Å². The number of hydrogen-bond acceptors (Lipinski definition) is 0. The third kappa shape index (κ3) is 2.35. The first-order valence-corrected chi connectivity index (χ1v) is 4.23. The summed E-state index contributed by atoms with van der Waals surface area (Å²) in [6, 6.07) is 11.2. The molecule has 60 valence electrons. The van der Waals surface area contributed by atoms with Crippen LogP contribution >= 0.6 is 0 Å². The largest absolute Gasteiger partial charge is 0.341 e. The minimum Gasteiger partial charge on any atom is -0.341 e. The molecule has 1 nitrogen and oxygen atoms in total. The third-order valence-corrected chi connectivity index (χ3v) is 1.91. The van der Waals surface area contributed by atoms with Gasteiger partial charge < -0.3 is 5.32 Å². The Morgan fingerprint density at radius 1 is 1.27 bits per heavy atom. The van der Waals surface area contributed by atoms with E-state index in [-0.39, 0.29) is 0 Å². The van der Waals surface area contributed by atoms with Crippen molar-refractivity contribution in [3.63, 3.8) is 0 Å². The molecule has 0 unspecified atom stereocenters. The summed E-state index contributed by atoms with van der Waals surface area (Å²) < 4.78 is 0. The minimum absolute atomic E-state index is 0.598. The van der Waals surface area contributed by atoms with Gasteiger partial charge in [0.15, 0.2) is 0 Å². The molecular weight excluding hydrogens is 134 g/mol. The molecule has 11 heavy (non-hydrogen) atoms. The van der Waals surface area contributed by atoms with Crippen LogP contribution in [0.15, 0.2) is 30.3 Å². The molecule has 1 rings (SSSR count). The van der Waals surface area contributed by atoms with Crippen molar-refractivity contribution in [2.45, 2.75) is 19.9 Å². The van der Waals surface area contributed by atoms with Gasteiger partial charge in [-0.05, 0) is 13.8 Å². The maximum atomic E-state index is 2.33. The highest BCUT2D eigenvalue weighted by Crippen LogP contribution is 2.05. The standard InChI is InChI=1S/C10H15N/c1-3-11-9(2)10-7-5-4-6-8-10/h4-9,11H,3H2,1-2H3/p+1/t9-/m0/s1. The summed E-state index contributed by atoms with van der Waals surface area (Å²) in [6.07, 6.45) is 0. The van der Waals surface area contributed by atoms with Crippen LogP contribution in [0.3, 0.4) is 0 Å². The van der Waals surface area contributed by atoms with Crippen LogP contribution in [0.2, 0.25) is 0 Å². The molecule has 0 spiro atoms. The highest BCUT2D eigenvalue weighted by atomic mass is 14.9. The topological polar surface area (TPSA) is 16.6 Å². The van der Waals surface area contributed by atoms with E-state index in [2.05, 4.69) is 49.5 Å². The van der Waals surface area contributed by atoms with Crippen molar-refractivity contribution in [2.75, 3.05) is 6.54 Å². The van der Waals surface area contributed by atoms with Crippen LogP contribution in [0.4, 0.5) is 0 Å². The second-order valence-corrected chi connectivity index (χ2v) is 2.84. The Kier molecular flexibility index (Phi) is 3.12. The predicted molar refractivity (Wildman–Crippen MR) is 47.3 cm³/mol. The molecule has 0 radical (unpaired) electrons. The van der Waals surface area contributed by atoms with Gasteiger partial charge in [-0.1, -0.05) is 30.3 Å². The number of hydrogen-bond donors (Lipinski definition) is 1. The number of rotatable bonds is 3. The Morgan fingerprint density at radius 3 is 2.45 bits per heavy atom. The SMILES string of the molecule is CC[NH2+][C@@H](C)c1ccccc1. The first-order valence-electron chi connectivity index (χ1n) is 4.23. The zero-order chi connectivity index (χ0) is 8.10. The van der Waals surface area contributed by atoms with E-state index < -0.39 is 0 Å². The van der Waals surface area contributed by atoms with Crippen molar-refractivity contribution in [1.29, 1.82) is 0 Å². The van der Waals surface area contributed by atoms with Gasteiger partial charge in [-0.15, -0.1) is 0 Å². The Hall–Kier alpha value is -0.820. The van der Waals surface area contributed by atoms with Crippen molar-refractivity contribution in [1.82, 2.24) is 0 Å². The summed E-state index contributed by atoms with van der Waals surface area (Å²) in [4.78, 5) is 0. The molecule has 0 bridgehead atoms. The van der Waals surface area contributed by atoms with E-state index in [9.17, 15) is 0 Å². The summed E-state index contributed by atoms with van der Waals surface area (Å²) in [5.74, 6) is 0. The lowest BCUT2D eigenvalue weighted by atomic mass is 10.1. The lowest BCUT2D eigenvalue weighted by Gasteiger charge is -2.08. The Morgan fingerprint density at radius 2 is 1.91 bits per heavy atom. The Bertz CT molecular complexity index is 193. The Balaban J connectivity index is 2.61. The molecular formula is C10H16N+. The summed E-state index contributed by atoms with van der Waals surface area (Å²) in [5, 5.41) is 2.33. The van der Waals surface area contributed by atoms with Crippen molar-refractivity contribution in [2.24, 2.45) is 0 Å². The van der Waals surface area contributed by atoms with Crippen LogP contribution in [0.1, 0.15) is 25.5 Å². The molecule has 2 N–H and O–H groups in total. The van der Waals surface area contributed by atoms with Crippen molar-refractivity contribution >= 4 is 0 Å². The number of quaternary nitrogens is 1. The van der Waals surface area contributed by atoms with Crippen molar-refractivity contribution in [3.8, 4) is 0 Å². The van der Waals surface area contributed by atoms with Gasteiger partial charge in [0.25, 0.3) is 0 Å². The number of nitrogens with two attached hydrogens (primary N) is 1. The Labute approximate surface area is 68.4 Å². The average molecular weight is 150 g/mol. The normalized spacial score (nSPS) is 12.9. The van der Waals surface area contributed by atoms with Crippen LogP contribution < -0.4 is 5.32 Å². The monoisotopic (exact) mass is 150 g/mol. The molecule has 0 aliphatic heterocycles. The van der Waals surface area contributed by atoms with Gasteiger partial charge >= 0.3 is 0 Å². The van der Waals surface area contributed by atoms with Gasteiger partial charge in [0.1, 0.15) is 6.04 Å². The van der Waals surface area contributed by atoms with E-state index in [0.717, 1.165) is 6.54 Å². The molecule has 1 aromatic rings. The summed E-state index contributed by atoms with van der Waals surface area (Å²) in [5.41, 5.74) is 1.41.